The molecule has 0 aliphatic rings. The van der Waals surface area contributed by atoms with Crippen molar-refractivity contribution >= 4 is 27.6 Å². The minimum absolute atomic E-state index is 1.02. The van der Waals surface area contributed by atoms with Crippen molar-refractivity contribution in [2.45, 2.75) is 39.7 Å². The highest BCUT2D eigenvalue weighted by molar-refractivity contribution is 6.09. The summed E-state index contributed by atoms with van der Waals surface area (Å²) in [6.07, 6.45) is 3.53. The summed E-state index contributed by atoms with van der Waals surface area (Å²) in [5, 5.41) is 2.67. The zero-order valence-electron chi connectivity index (χ0n) is 16.9. The predicted octanol–water partition coefficient (Wildman–Crippen LogP) is 4.69. The molecule has 0 saturated carbocycles. The normalized spacial score (nSPS) is 11.8. The van der Waals surface area contributed by atoms with Crippen LogP contribution in [0.25, 0.3) is 21.8 Å². The molecule has 0 saturated heterocycles. The molecule has 2 heterocycles. The number of pyridine rings is 1. The number of aromatic nitrogens is 2. The van der Waals surface area contributed by atoms with E-state index in [0.29, 0.717) is 0 Å². The molecule has 0 aliphatic carbocycles. The van der Waals surface area contributed by atoms with Crippen molar-refractivity contribution in [1.82, 2.24) is 14.5 Å². The molecule has 3 rings (SSSR count). The van der Waals surface area contributed by atoms with E-state index in [9.17, 15) is 0 Å². The lowest BCUT2D eigenvalue weighted by molar-refractivity contribution is 0.401. The molecule has 3 aromatic rings. The molecule has 4 heteroatoms. The Morgan fingerprint density at radius 2 is 1.77 bits per heavy atom. The molecule has 1 aromatic carbocycles. The Morgan fingerprint density at radius 1 is 1.00 bits per heavy atom. The van der Waals surface area contributed by atoms with Crippen LogP contribution < -0.4 is 4.90 Å². The molecule has 140 valence electrons. The number of aryl methyl sites for hydroxylation is 2. The molecule has 0 fully saturated rings. The molecule has 2 aromatic heterocycles. The number of anilines is 1. The Kier molecular flexibility index (Phi) is 5.82. The molecular formula is C22H32N4. The Labute approximate surface area is 157 Å². The van der Waals surface area contributed by atoms with Gasteiger partial charge in [0, 0.05) is 36.4 Å². The predicted molar refractivity (Wildman–Crippen MR) is 113 cm³/mol. The highest BCUT2D eigenvalue weighted by atomic mass is 15.2. The third-order valence-corrected chi connectivity index (χ3v) is 5.13. The van der Waals surface area contributed by atoms with Crippen molar-refractivity contribution in [3.8, 4) is 0 Å². The fourth-order valence-electron chi connectivity index (χ4n) is 3.74. The quantitative estimate of drug-likeness (QED) is 0.588. The number of unbranched alkanes of at least 4 members (excludes halogenated alkanes) is 1. The third kappa shape index (κ3) is 3.70. The van der Waals surface area contributed by atoms with Gasteiger partial charge in [-0.15, -0.1) is 0 Å². The van der Waals surface area contributed by atoms with Gasteiger partial charge < -0.3 is 14.4 Å². The maximum Gasteiger partial charge on any atom is 0.129 e. The Morgan fingerprint density at radius 3 is 2.50 bits per heavy atom. The van der Waals surface area contributed by atoms with E-state index < -0.39 is 0 Å². The van der Waals surface area contributed by atoms with Gasteiger partial charge in [-0.2, -0.15) is 0 Å². The van der Waals surface area contributed by atoms with E-state index in [1.807, 2.05) is 0 Å². The molecule has 0 atom stereocenters. The van der Waals surface area contributed by atoms with Crippen molar-refractivity contribution in [2.75, 3.05) is 39.1 Å². The summed E-state index contributed by atoms with van der Waals surface area (Å²) in [7, 11) is 6.40. The summed E-state index contributed by atoms with van der Waals surface area (Å²) in [4.78, 5) is 9.47. The fraction of sp³-hybridized carbons (Fsp3) is 0.500. The zero-order chi connectivity index (χ0) is 18.7. The lowest BCUT2D eigenvalue weighted by Crippen LogP contribution is -2.24. The van der Waals surface area contributed by atoms with Gasteiger partial charge in [-0.25, -0.2) is 4.98 Å². The van der Waals surface area contributed by atoms with E-state index in [2.05, 4.69) is 79.7 Å². The molecule has 4 nitrogen and oxygen atoms in total. The number of para-hydroxylation sites is 1. The standard InChI is InChI=1S/C22H32N4/c1-6-7-15-26-20-12-9-8-11-18(20)19-16-21(23-17(2)22(19)26)25(5)14-10-13-24(3)4/h8-9,11-12,16H,6-7,10,13-15H2,1-5H3. The largest absolute Gasteiger partial charge is 0.360 e. The van der Waals surface area contributed by atoms with Gasteiger partial charge in [0.1, 0.15) is 5.82 Å². The minimum Gasteiger partial charge on any atom is -0.360 e. The van der Waals surface area contributed by atoms with Gasteiger partial charge in [0.25, 0.3) is 0 Å². The minimum atomic E-state index is 1.02. The van der Waals surface area contributed by atoms with Crippen LogP contribution in [0.3, 0.4) is 0 Å². The van der Waals surface area contributed by atoms with E-state index in [0.717, 1.165) is 37.6 Å². The van der Waals surface area contributed by atoms with Crippen LogP contribution in [0, 0.1) is 6.92 Å². The number of hydrogen-bond acceptors (Lipinski definition) is 3. The van der Waals surface area contributed by atoms with Gasteiger partial charge in [-0.1, -0.05) is 31.5 Å². The lowest BCUT2D eigenvalue weighted by Gasteiger charge is -2.20. The number of fused-ring (bicyclic) bond motifs is 3. The molecule has 0 unspecified atom stereocenters. The van der Waals surface area contributed by atoms with Crippen LogP contribution in [0.4, 0.5) is 5.82 Å². The van der Waals surface area contributed by atoms with Gasteiger partial charge >= 0.3 is 0 Å². The highest BCUT2D eigenvalue weighted by Gasteiger charge is 2.15. The average Bonchev–Trinajstić information content (AvgIpc) is 2.94. The monoisotopic (exact) mass is 352 g/mol. The van der Waals surface area contributed by atoms with Crippen LogP contribution in [-0.4, -0.2) is 48.7 Å². The second-order valence-electron chi connectivity index (χ2n) is 7.56. The van der Waals surface area contributed by atoms with Gasteiger partial charge in [-0.05, 0) is 52.5 Å². The lowest BCUT2D eigenvalue weighted by atomic mass is 10.1. The Balaban J connectivity index is 2.03. The van der Waals surface area contributed by atoms with Gasteiger partial charge in [0.15, 0.2) is 0 Å². The molecular weight excluding hydrogens is 320 g/mol. The van der Waals surface area contributed by atoms with Crippen LogP contribution in [-0.2, 0) is 6.54 Å². The summed E-state index contributed by atoms with van der Waals surface area (Å²) < 4.78 is 2.46. The maximum absolute atomic E-state index is 4.95. The summed E-state index contributed by atoms with van der Waals surface area (Å²) in [6.45, 7) is 7.58. The first-order valence-electron chi connectivity index (χ1n) is 9.77. The molecule has 0 spiro atoms. The second-order valence-corrected chi connectivity index (χ2v) is 7.56. The second kappa shape index (κ2) is 8.09. The number of benzene rings is 1. The Bertz CT molecular complexity index is 879. The van der Waals surface area contributed by atoms with Crippen molar-refractivity contribution in [2.24, 2.45) is 0 Å². The van der Waals surface area contributed by atoms with Crippen molar-refractivity contribution in [3.05, 3.63) is 36.0 Å². The third-order valence-electron chi connectivity index (χ3n) is 5.13. The highest BCUT2D eigenvalue weighted by Crippen LogP contribution is 2.33. The average molecular weight is 353 g/mol. The first-order valence-corrected chi connectivity index (χ1v) is 9.77. The molecule has 0 bridgehead atoms. The summed E-state index contributed by atoms with van der Waals surface area (Å²) in [6, 6.07) is 11.0. The number of nitrogens with zero attached hydrogens (tertiary/aromatic N) is 4. The van der Waals surface area contributed by atoms with Crippen molar-refractivity contribution in [1.29, 1.82) is 0 Å². The fourth-order valence-corrected chi connectivity index (χ4v) is 3.74. The van der Waals surface area contributed by atoms with E-state index in [1.165, 1.54) is 34.6 Å². The first-order chi connectivity index (χ1) is 12.5. The van der Waals surface area contributed by atoms with Crippen LogP contribution in [0.5, 0.6) is 0 Å². The van der Waals surface area contributed by atoms with Crippen LogP contribution in [0.15, 0.2) is 30.3 Å². The van der Waals surface area contributed by atoms with Gasteiger partial charge in [-0.3, -0.25) is 0 Å². The Hall–Kier alpha value is -2.07. The van der Waals surface area contributed by atoms with Crippen LogP contribution in [0.1, 0.15) is 31.9 Å². The maximum atomic E-state index is 4.95. The van der Waals surface area contributed by atoms with Gasteiger partial charge in [0.05, 0.1) is 11.2 Å². The molecule has 0 amide bonds. The van der Waals surface area contributed by atoms with Crippen molar-refractivity contribution in [3.63, 3.8) is 0 Å². The molecule has 0 radical (unpaired) electrons. The van der Waals surface area contributed by atoms with Crippen LogP contribution in [0.2, 0.25) is 0 Å². The summed E-state index contributed by atoms with van der Waals surface area (Å²) in [5.74, 6) is 1.08. The van der Waals surface area contributed by atoms with E-state index in [1.54, 1.807) is 0 Å². The van der Waals surface area contributed by atoms with Gasteiger partial charge in [0.2, 0.25) is 0 Å². The molecule has 26 heavy (non-hydrogen) atoms. The zero-order valence-corrected chi connectivity index (χ0v) is 16.9. The van der Waals surface area contributed by atoms with E-state index in [-0.39, 0.29) is 0 Å². The van der Waals surface area contributed by atoms with Crippen LogP contribution >= 0.6 is 0 Å². The topological polar surface area (TPSA) is 24.3 Å². The SMILES string of the molecule is CCCCn1c2ccccc2c2cc(N(C)CCCN(C)C)nc(C)c21. The van der Waals surface area contributed by atoms with E-state index >= 15 is 0 Å². The summed E-state index contributed by atoms with van der Waals surface area (Å²) in [5.41, 5.74) is 3.75. The molecule has 0 aliphatic heterocycles. The molecule has 0 N–H and O–H groups in total. The first kappa shape index (κ1) is 18.7. The summed E-state index contributed by atoms with van der Waals surface area (Å²) >= 11 is 0. The van der Waals surface area contributed by atoms with Crippen molar-refractivity contribution < 1.29 is 0 Å². The number of hydrogen-bond donors (Lipinski definition) is 0. The number of rotatable bonds is 8. The smallest absolute Gasteiger partial charge is 0.129 e. The van der Waals surface area contributed by atoms with E-state index in [4.69, 9.17) is 4.98 Å².